The van der Waals surface area contributed by atoms with Crippen LogP contribution in [0.3, 0.4) is 0 Å². The summed E-state index contributed by atoms with van der Waals surface area (Å²) in [4.78, 5) is 21.6. The Morgan fingerprint density at radius 1 is 1.33 bits per heavy atom. The highest BCUT2D eigenvalue weighted by molar-refractivity contribution is 5.96. The normalized spacial score (nSPS) is 12.0. The summed E-state index contributed by atoms with van der Waals surface area (Å²) in [6.45, 7) is 0. The minimum atomic E-state index is -1.47. The molecule has 0 fully saturated rings. The van der Waals surface area contributed by atoms with Gasteiger partial charge in [-0.3, -0.25) is 9.59 Å². The number of carbonyl (C=O) groups excluding carboxylic acids is 1. The molecule has 4 N–H and O–H groups in total. The number of hydrogen-bond donors (Lipinski definition) is 3. The number of aliphatic carboxylic acids is 1. The van der Waals surface area contributed by atoms with Gasteiger partial charge in [0, 0.05) is 12.1 Å². The number of rotatable bonds is 4. The highest BCUT2D eigenvalue weighted by Gasteiger charge is 2.20. The second kappa shape index (κ2) is 5.50. The van der Waals surface area contributed by atoms with Gasteiger partial charge in [-0.05, 0) is 0 Å². The summed E-state index contributed by atoms with van der Waals surface area (Å²) in [6, 6.07) is -0.584. The Morgan fingerprint density at radius 3 is 2.50 bits per heavy atom. The zero-order valence-corrected chi connectivity index (χ0v) is 8.91. The minimum absolute atomic E-state index is 0.308. The summed E-state index contributed by atoms with van der Waals surface area (Å²) in [5.74, 6) is -6.40. The van der Waals surface area contributed by atoms with Crippen molar-refractivity contribution < 1.29 is 27.9 Å². The van der Waals surface area contributed by atoms with Crippen LogP contribution in [-0.2, 0) is 9.59 Å². The maximum Gasteiger partial charge on any atom is 0.305 e. The molecular weight excluding hydrogens is 253 g/mol. The molecule has 0 spiro atoms. The van der Waals surface area contributed by atoms with E-state index in [-0.39, 0.29) is 0 Å². The van der Waals surface area contributed by atoms with Gasteiger partial charge in [-0.2, -0.15) is 0 Å². The fourth-order valence-electron chi connectivity index (χ4n) is 1.15. The smallest absolute Gasteiger partial charge is 0.305 e. The molecule has 1 aromatic rings. The average molecular weight is 262 g/mol. The fraction of sp³-hybridized carbons (Fsp3) is 0.200. The lowest BCUT2D eigenvalue weighted by molar-refractivity contribution is -0.138. The largest absolute Gasteiger partial charge is 0.481 e. The van der Waals surface area contributed by atoms with Gasteiger partial charge in [0.2, 0.25) is 5.91 Å². The third kappa shape index (κ3) is 3.45. The van der Waals surface area contributed by atoms with E-state index < -0.39 is 47.5 Å². The topological polar surface area (TPSA) is 92.4 Å². The Labute approximate surface area is 99.4 Å². The van der Waals surface area contributed by atoms with Crippen molar-refractivity contribution >= 4 is 17.6 Å². The molecule has 0 aliphatic rings. The van der Waals surface area contributed by atoms with Crippen molar-refractivity contribution in [3.05, 3.63) is 29.6 Å². The molecule has 0 saturated carbocycles. The quantitative estimate of drug-likeness (QED) is 0.701. The molecule has 0 aliphatic heterocycles. The number of carboxylic acid groups (broad SMARTS) is 1. The average Bonchev–Trinajstić information content (AvgIpc) is 2.24. The summed E-state index contributed by atoms with van der Waals surface area (Å²) in [5.41, 5.74) is 4.45. The highest BCUT2D eigenvalue weighted by atomic mass is 19.2. The SMILES string of the molecule is NC(CC(=O)O)C(=O)Nc1cc(F)cc(F)c1F. The molecule has 1 atom stereocenters. The van der Waals surface area contributed by atoms with Gasteiger partial charge in [0.15, 0.2) is 11.6 Å². The van der Waals surface area contributed by atoms with Crippen LogP contribution in [0, 0.1) is 17.5 Å². The van der Waals surface area contributed by atoms with E-state index in [9.17, 15) is 22.8 Å². The lowest BCUT2D eigenvalue weighted by Crippen LogP contribution is -2.37. The monoisotopic (exact) mass is 262 g/mol. The van der Waals surface area contributed by atoms with E-state index in [4.69, 9.17) is 10.8 Å². The van der Waals surface area contributed by atoms with E-state index >= 15 is 0 Å². The van der Waals surface area contributed by atoms with E-state index in [1.807, 2.05) is 5.32 Å². The Hall–Kier alpha value is -2.09. The molecule has 98 valence electrons. The maximum atomic E-state index is 13.2. The number of amides is 1. The summed E-state index contributed by atoms with van der Waals surface area (Å²) in [7, 11) is 0. The van der Waals surface area contributed by atoms with Crippen LogP contribution in [0.5, 0.6) is 0 Å². The van der Waals surface area contributed by atoms with Gasteiger partial charge in [-0.25, -0.2) is 13.2 Å². The molecule has 0 heterocycles. The van der Waals surface area contributed by atoms with Gasteiger partial charge in [-0.15, -0.1) is 0 Å². The van der Waals surface area contributed by atoms with Gasteiger partial charge < -0.3 is 16.2 Å². The lowest BCUT2D eigenvalue weighted by Gasteiger charge is -2.11. The van der Waals surface area contributed by atoms with Crippen molar-refractivity contribution in [3.8, 4) is 0 Å². The van der Waals surface area contributed by atoms with Gasteiger partial charge in [0.05, 0.1) is 18.2 Å². The fourth-order valence-corrected chi connectivity index (χ4v) is 1.15. The first-order valence-corrected chi connectivity index (χ1v) is 4.74. The molecule has 0 aromatic heterocycles. The second-order valence-corrected chi connectivity index (χ2v) is 3.44. The van der Waals surface area contributed by atoms with E-state index in [0.717, 1.165) is 0 Å². The van der Waals surface area contributed by atoms with Crippen LogP contribution < -0.4 is 11.1 Å². The zero-order chi connectivity index (χ0) is 13.9. The van der Waals surface area contributed by atoms with Crippen LogP contribution in [-0.4, -0.2) is 23.0 Å². The molecule has 1 rings (SSSR count). The lowest BCUT2D eigenvalue weighted by atomic mass is 10.2. The Morgan fingerprint density at radius 2 is 1.94 bits per heavy atom. The van der Waals surface area contributed by atoms with Crippen molar-refractivity contribution in [3.63, 3.8) is 0 Å². The number of benzene rings is 1. The minimum Gasteiger partial charge on any atom is -0.481 e. The van der Waals surface area contributed by atoms with Crippen LogP contribution in [0.4, 0.5) is 18.9 Å². The standard InChI is InChI=1S/C10H9F3N2O3/c11-4-1-5(12)9(13)7(2-4)15-10(18)6(14)3-8(16)17/h1-2,6H,3,14H2,(H,15,18)(H,16,17). The number of hydrogen-bond acceptors (Lipinski definition) is 3. The summed E-state index contributed by atoms with van der Waals surface area (Å²) in [6.07, 6.45) is -0.689. The van der Waals surface area contributed by atoms with Crippen LogP contribution in [0.15, 0.2) is 12.1 Å². The van der Waals surface area contributed by atoms with Gasteiger partial charge in [0.1, 0.15) is 5.82 Å². The number of nitrogens with one attached hydrogen (secondary N) is 1. The predicted octanol–water partition coefficient (Wildman–Crippen LogP) is 0.844. The van der Waals surface area contributed by atoms with Gasteiger partial charge in [-0.1, -0.05) is 0 Å². The van der Waals surface area contributed by atoms with E-state index in [1.165, 1.54) is 0 Å². The molecular formula is C10H9F3N2O3. The Balaban J connectivity index is 2.85. The molecule has 8 heteroatoms. The number of nitrogens with two attached hydrogens (primary N) is 1. The maximum absolute atomic E-state index is 13.2. The van der Waals surface area contributed by atoms with Crippen molar-refractivity contribution in [2.45, 2.75) is 12.5 Å². The summed E-state index contributed by atoms with van der Waals surface area (Å²) in [5, 5.41) is 10.2. The van der Waals surface area contributed by atoms with Crippen molar-refractivity contribution in [2.24, 2.45) is 5.73 Å². The van der Waals surface area contributed by atoms with Crippen LogP contribution in [0.2, 0.25) is 0 Å². The first-order valence-electron chi connectivity index (χ1n) is 4.74. The first kappa shape index (κ1) is 14.0. The van der Waals surface area contributed by atoms with Crippen LogP contribution in [0.25, 0.3) is 0 Å². The number of anilines is 1. The molecule has 5 nitrogen and oxygen atoms in total. The molecule has 0 saturated heterocycles. The molecule has 0 aliphatic carbocycles. The highest BCUT2D eigenvalue weighted by Crippen LogP contribution is 2.19. The predicted molar refractivity (Wildman–Crippen MR) is 55.2 cm³/mol. The molecule has 18 heavy (non-hydrogen) atoms. The van der Waals surface area contributed by atoms with Crippen LogP contribution >= 0.6 is 0 Å². The third-order valence-electron chi connectivity index (χ3n) is 1.98. The van der Waals surface area contributed by atoms with Crippen LogP contribution in [0.1, 0.15) is 6.42 Å². The summed E-state index contributed by atoms with van der Waals surface area (Å²) < 4.78 is 38.8. The van der Waals surface area contributed by atoms with E-state index in [0.29, 0.717) is 12.1 Å². The van der Waals surface area contributed by atoms with E-state index in [2.05, 4.69) is 0 Å². The number of carboxylic acids is 1. The molecule has 0 bridgehead atoms. The van der Waals surface area contributed by atoms with Crippen molar-refractivity contribution in [1.82, 2.24) is 0 Å². The molecule has 1 amide bonds. The third-order valence-corrected chi connectivity index (χ3v) is 1.98. The van der Waals surface area contributed by atoms with E-state index in [1.54, 1.807) is 0 Å². The molecule has 1 unspecified atom stereocenters. The molecule has 0 radical (unpaired) electrons. The summed E-state index contributed by atoms with van der Waals surface area (Å²) >= 11 is 0. The Kier molecular flexibility index (Phi) is 4.27. The molecule has 1 aromatic carbocycles. The number of carbonyl (C=O) groups is 2. The zero-order valence-electron chi connectivity index (χ0n) is 8.91. The van der Waals surface area contributed by atoms with Crippen molar-refractivity contribution in [1.29, 1.82) is 0 Å². The van der Waals surface area contributed by atoms with Gasteiger partial charge >= 0.3 is 5.97 Å². The van der Waals surface area contributed by atoms with Gasteiger partial charge in [0.25, 0.3) is 0 Å². The Bertz CT molecular complexity index is 494. The second-order valence-electron chi connectivity index (χ2n) is 3.44. The number of halogens is 3. The van der Waals surface area contributed by atoms with Crippen molar-refractivity contribution in [2.75, 3.05) is 5.32 Å². The first-order chi connectivity index (χ1) is 8.31.